The van der Waals surface area contributed by atoms with Crippen LogP contribution in [0.1, 0.15) is 0 Å². The molecule has 48 heavy (non-hydrogen) atoms. The molecule has 0 aliphatic carbocycles. The van der Waals surface area contributed by atoms with Gasteiger partial charge in [-0.1, -0.05) is 48.5 Å². The van der Waals surface area contributed by atoms with Crippen LogP contribution in [-0.4, -0.2) is 47.3 Å². The van der Waals surface area contributed by atoms with Crippen LogP contribution in [0.4, 0.5) is 45.5 Å². The number of nitrogens with one attached hydrogen (secondary N) is 8. The van der Waals surface area contributed by atoms with Crippen LogP contribution in [0.2, 0.25) is 0 Å². The summed E-state index contributed by atoms with van der Waals surface area (Å²) < 4.78 is 0. The highest BCUT2D eigenvalue weighted by Crippen LogP contribution is 2.26. The van der Waals surface area contributed by atoms with Crippen LogP contribution in [-0.2, 0) is 38.4 Å². The molecule has 0 spiro atoms. The lowest BCUT2D eigenvalue weighted by Gasteiger charge is -2.16. The highest BCUT2D eigenvalue weighted by Gasteiger charge is 2.24. The molecular weight excluding hydrogens is 624 g/mol. The Bertz CT molecular complexity index is 1590. The second kappa shape index (κ2) is 14.2. The third kappa shape index (κ3) is 7.64. The average molecular weight is 649 g/mol. The Kier molecular flexibility index (Phi) is 9.46. The third-order valence-corrected chi connectivity index (χ3v) is 6.52. The van der Waals surface area contributed by atoms with E-state index in [1.165, 1.54) is 97.1 Å². The van der Waals surface area contributed by atoms with Gasteiger partial charge in [-0.15, -0.1) is 0 Å². The summed E-state index contributed by atoms with van der Waals surface area (Å²) in [5.41, 5.74) is -0.293. The Morgan fingerprint density at radius 3 is 0.417 bits per heavy atom. The molecule has 0 unspecified atom stereocenters. The van der Waals surface area contributed by atoms with Crippen molar-refractivity contribution < 1.29 is 38.4 Å². The van der Waals surface area contributed by atoms with Crippen molar-refractivity contribution in [3.63, 3.8) is 0 Å². The second-order valence-corrected chi connectivity index (χ2v) is 9.82. The number of anilines is 8. The Hall–Kier alpha value is -7.36. The molecule has 5 rings (SSSR count). The van der Waals surface area contributed by atoms with Gasteiger partial charge in [0.15, 0.2) is 0 Å². The number of fused-ring (bicyclic) bond motifs is 4. The Labute approximate surface area is 270 Å². The summed E-state index contributed by atoms with van der Waals surface area (Å²) in [4.78, 5) is 103. The number of hydrogen-bond donors (Lipinski definition) is 8. The highest BCUT2D eigenvalue weighted by atomic mass is 16.2. The maximum absolute atomic E-state index is 12.8. The molecule has 8 amide bonds. The first kappa shape index (κ1) is 32.0. The van der Waals surface area contributed by atoms with Gasteiger partial charge in [-0.2, -0.15) is 0 Å². The molecule has 0 saturated heterocycles. The largest absolute Gasteiger partial charge is 0.316 e. The smallest absolute Gasteiger partial charge is 0.314 e. The first-order chi connectivity index (χ1) is 23.1. The molecule has 1 heterocycles. The van der Waals surface area contributed by atoms with Gasteiger partial charge in [0.2, 0.25) is 0 Å². The van der Waals surface area contributed by atoms with Crippen LogP contribution in [0.25, 0.3) is 0 Å². The van der Waals surface area contributed by atoms with E-state index in [-0.39, 0.29) is 45.5 Å². The van der Waals surface area contributed by atoms with Crippen molar-refractivity contribution in [3.8, 4) is 0 Å². The molecule has 0 aromatic heterocycles. The van der Waals surface area contributed by atoms with Gasteiger partial charge in [0.1, 0.15) is 0 Å². The van der Waals surface area contributed by atoms with Gasteiger partial charge in [-0.25, -0.2) is 0 Å². The van der Waals surface area contributed by atoms with Gasteiger partial charge in [-0.05, 0) is 48.5 Å². The van der Waals surface area contributed by atoms with Gasteiger partial charge in [-0.3, -0.25) is 38.4 Å². The van der Waals surface area contributed by atoms with Crippen molar-refractivity contribution in [2.24, 2.45) is 0 Å². The van der Waals surface area contributed by atoms with Crippen LogP contribution in [0.15, 0.2) is 97.1 Å². The normalized spacial score (nSPS) is 14.7. The van der Waals surface area contributed by atoms with Gasteiger partial charge < -0.3 is 42.5 Å². The SMILES string of the molecule is O=C1Nc2ccccc2NC(=O)C(=O)Nc2ccccc2NC(=O)C(=O)Nc2ccccc2NC(=O)C(=O)Nc2ccccc2NC1=O. The van der Waals surface area contributed by atoms with Crippen molar-refractivity contribution in [2.45, 2.75) is 0 Å². The van der Waals surface area contributed by atoms with E-state index in [1.54, 1.807) is 0 Å². The summed E-state index contributed by atoms with van der Waals surface area (Å²) in [6, 6.07) is 22.9. The molecule has 1 aliphatic rings. The first-order valence-corrected chi connectivity index (χ1v) is 13.9. The van der Waals surface area contributed by atoms with Crippen molar-refractivity contribution in [1.29, 1.82) is 0 Å². The quantitative estimate of drug-likeness (QED) is 0.132. The Morgan fingerprint density at radius 2 is 0.312 bits per heavy atom. The summed E-state index contributed by atoms with van der Waals surface area (Å²) in [6.07, 6.45) is 0. The average Bonchev–Trinajstić information content (AvgIpc) is 3.07. The molecule has 16 nitrogen and oxygen atoms in total. The van der Waals surface area contributed by atoms with Crippen LogP contribution in [0.5, 0.6) is 0 Å². The number of carbonyl (C=O) groups excluding carboxylic acids is 8. The molecule has 16 heteroatoms. The van der Waals surface area contributed by atoms with Gasteiger partial charge >= 0.3 is 47.3 Å². The van der Waals surface area contributed by atoms with E-state index in [1.807, 2.05) is 0 Å². The van der Waals surface area contributed by atoms with Crippen molar-refractivity contribution in [3.05, 3.63) is 97.1 Å². The maximum atomic E-state index is 12.8. The minimum absolute atomic E-state index is 0.0366. The van der Waals surface area contributed by atoms with Crippen molar-refractivity contribution >= 4 is 92.8 Å². The highest BCUT2D eigenvalue weighted by molar-refractivity contribution is 6.47. The van der Waals surface area contributed by atoms with Crippen molar-refractivity contribution in [2.75, 3.05) is 42.5 Å². The Balaban J connectivity index is 1.48. The number of benzene rings is 4. The number of carbonyl (C=O) groups is 8. The lowest BCUT2D eigenvalue weighted by atomic mass is 10.2. The molecule has 0 radical (unpaired) electrons. The van der Waals surface area contributed by atoms with E-state index in [4.69, 9.17) is 0 Å². The molecule has 0 saturated carbocycles. The Morgan fingerprint density at radius 1 is 0.208 bits per heavy atom. The summed E-state index contributed by atoms with van der Waals surface area (Å²) >= 11 is 0. The number of amides is 8. The fourth-order valence-electron chi connectivity index (χ4n) is 4.24. The van der Waals surface area contributed by atoms with Gasteiger partial charge in [0.25, 0.3) is 0 Å². The summed E-state index contributed by atoms with van der Waals surface area (Å²) in [6.45, 7) is 0. The van der Waals surface area contributed by atoms with Gasteiger partial charge in [0.05, 0.1) is 45.5 Å². The molecule has 0 bridgehead atoms. The van der Waals surface area contributed by atoms with E-state index >= 15 is 0 Å². The molecule has 0 fully saturated rings. The molecule has 240 valence electrons. The standard InChI is InChI=1S/C32H24N8O8/c41-25-26(42)35-19-11-3-4-12-20(19)37-29(45)30(46)39-23-15-7-8-16-24(23)40-32(48)31(47)38-22-14-6-5-13-21(22)36-28(44)27(43)34-18-10-2-1-9-17(18)33-25/h1-16H,(H,33,41)(H,34,43)(H,35,42)(H,36,44)(H,37,45)(H,38,47)(H,39,46)(H,40,48). The van der Waals surface area contributed by atoms with E-state index in [0.717, 1.165) is 0 Å². The molecule has 1 aliphatic heterocycles. The van der Waals surface area contributed by atoms with Crippen molar-refractivity contribution in [1.82, 2.24) is 0 Å². The van der Waals surface area contributed by atoms with Crippen LogP contribution in [0.3, 0.4) is 0 Å². The number of hydrogen-bond acceptors (Lipinski definition) is 8. The first-order valence-electron chi connectivity index (χ1n) is 13.9. The zero-order chi connectivity index (χ0) is 34.2. The van der Waals surface area contributed by atoms with Crippen LogP contribution >= 0.6 is 0 Å². The van der Waals surface area contributed by atoms with E-state index in [9.17, 15) is 38.4 Å². The monoisotopic (exact) mass is 648 g/mol. The number of para-hydroxylation sites is 8. The van der Waals surface area contributed by atoms with E-state index in [2.05, 4.69) is 42.5 Å². The fourth-order valence-corrected chi connectivity index (χ4v) is 4.24. The maximum Gasteiger partial charge on any atom is 0.314 e. The lowest BCUT2D eigenvalue weighted by Crippen LogP contribution is -2.33. The topological polar surface area (TPSA) is 233 Å². The third-order valence-electron chi connectivity index (χ3n) is 6.52. The van der Waals surface area contributed by atoms with E-state index < -0.39 is 47.3 Å². The molecule has 0 atom stereocenters. The number of rotatable bonds is 0. The van der Waals surface area contributed by atoms with Crippen LogP contribution in [0, 0.1) is 0 Å². The lowest BCUT2D eigenvalue weighted by molar-refractivity contribution is -0.133. The molecular formula is C32H24N8O8. The van der Waals surface area contributed by atoms with E-state index in [0.29, 0.717) is 0 Å². The van der Waals surface area contributed by atoms with Gasteiger partial charge in [0, 0.05) is 0 Å². The summed E-state index contributed by atoms with van der Waals surface area (Å²) in [5.74, 6) is -9.35. The van der Waals surface area contributed by atoms with Crippen LogP contribution < -0.4 is 42.5 Å². The minimum Gasteiger partial charge on any atom is -0.316 e. The molecule has 4 aromatic rings. The predicted octanol–water partition coefficient (Wildman–Crippen LogP) is 2.31. The molecule has 4 aromatic carbocycles. The minimum atomic E-state index is -1.17. The zero-order valence-electron chi connectivity index (χ0n) is 24.5. The predicted molar refractivity (Wildman–Crippen MR) is 175 cm³/mol. The zero-order valence-corrected chi connectivity index (χ0v) is 24.5. The fraction of sp³-hybridized carbons (Fsp3) is 0. The molecule has 8 N–H and O–H groups in total. The second-order valence-electron chi connectivity index (χ2n) is 9.82. The summed E-state index contributed by atoms with van der Waals surface area (Å²) in [7, 11) is 0. The summed E-state index contributed by atoms with van der Waals surface area (Å²) in [5, 5.41) is 18.7.